The largest absolute Gasteiger partial charge is 0.483 e. The lowest BCUT2D eigenvalue weighted by Gasteiger charge is -2.14. The van der Waals surface area contributed by atoms with Crippen molar-refractivity contribution in [1.82, 2.24) is 4.98 Å². The number of hydrogen-bond donors (Lipinski definition) is 1. The van der Waals surface area contributed by atoms with Gasteiger partial charge in [0.15, 0.2) is 6.61 Å². The van der Waals surface area contributed by atoms with Crippen molar-refractivity contribution < 1.29 is 9.53 Å². The fourth-order valence-electron chi connectivity index (χ4n) is 3.33. The van der Waals surface area contributed by atoms with Gasteiger partial charge in [-0.25, -0.2) is 4.98 Å². The highest BCUT2D eigenvalue weighted by atomic mass is 32.1. The average molecular weight is 429 g/mol. The summed E-state index contributed by atoms with van der Waals surface area (Å²) >= 11 is 1.62. The molecule has 31 heavy (non-hydrogen) atoms. The zero-order chi connectivity index (χ0) is 21.8. The van der Waals surface area contributed by atoms with E-state index in [9.17, 15) is 4.79 Å². The standard InChI is InChI=1S/C26H24N2O2S/c1-17-9-10-18(2)25(19(17)3)30-15-24(29)27-22-13-11-20(12-14-22)23-16-31-26(28-23)21-7-5-4-6-8-21/h4-14,16H,15H2,1-3H3,(H,27,29). The third kappa shape index (κ3) is 4.84. The van der Waals surface area contributed by atoms with Crippen LogP contribution in [0.1, 0.15) is 16.7 Å². The molecule has 0 saturated carbocycles. The van der Waals surface area contributed by atoms with Crippen LogP contribution in [0, 0.1) is 20.8 Å². The molecule has 3 aromatic carbocycles. The molecule has 0 aliphatic carbocycles. The van der Waals surface area contributed by atoms with Gasteiger partial charge in [-0.1, -0.05) is 54.6 Å². The van der Waals surface area contributed by atoms with Gasteiger partial charge in [0.1, 0.15) is 10.8 Å². The maximum atomic E-state index is 12.4. The highest BCUT2D eigenvalue weighted by Crippen LogP contribution is 2.29. The number of nitrogens with one attached hydrogen (secondary N) is 1. The van der Waals surface area contributed by atoms with Gasteiger partial charge in [0.25, 0.3) is 5.91 Å². The Kier molecular flexibility index (Phi) is 6.14. The van der Waals surface area contributed by atoms with Crippen LogP contribution in [-0.4, -0.2) is 17.5 Å². The monoisotopic (exact) mass is 428 g/mol. The Bertz CT molecular complexity index is 1200. The van der Waals surface area contributed by atoms with Crippen molar-refractivity contribution >= 4 is 22.9 Å². The van der Waals surface area contributed by atoms with E-state index in [1.807, 2.05) is 69.3 Å². The van der Waals surface area contributed by atoms with Crippen molar-refractivity contribution in [2.75, 3.05) is 11.9 Å². The van der Waals surface area contributed by atoms with Crippen LogP contribution in [0.15, 0.2) is 72.1 Å². The van der Waals surface area contributed by atoms with Crippen LogP contribution >= 0.6 is 11.3 Å². The Morgan fingerprint density at radius 1 is 0.903 bits per heavy atom. The number of thiazole rings is 1. The van der Waals surface area contributed by atoms with Crippen LogP contribution in [0.2, 0.25) is 0 Å². The number of anilines is 1. The summed E-state index contributed by atoms with van der Waals surface area (Å²) in [5, 5.41) is 5.94. The lowest BCUT2D eigenvalue weighted by Crippen LogP contribution is -2.20. The van der Waals surface area contributed by atoms with Crippen LogP contribution in [0.5, 0.6) is 5.75 Å². The van der Waals surface area contributed by atoms with Gasteiger partial charge >= 0.3 is 0 Å². The molecule has 0 atom stereocenters. The second-order valence-corrected chi connectivity index (χ2v) is 8.33. The Balaban J connectivity index is 1.38. The molecule has 0 fully saturated rings. The van der Waals surface area contributed by atoms with E-state index in [0.717, 1.165) is 50.0 Å². The number of carbonyl (C=O) groups excluding carboxylic acids is 1. The first-order chi connectivity index (χ1) is 15.0. The summed E-state index contributed by atoms with van der Waals surface area (Å²) in [6.45, 7) is 6.00. The second kappa shape index (κ2) is 9.14. The van der Waals surface area contributed by atoms with Gasteiger partial charge < -0.3 is 10.1 Å². The summed E-state index contributed by atoms with van der Waals surface area (Å²) in [4.78, 5) is 17.1. The fraction of sp³-hybridized carbons (Fsp3) is 0.154. The van der Waals surface area contributed by atoms with Gasteiger partial charge in [0.2, 0.25) is 0 Å². The molecule has 0 radical (unpaired) electrons. The van der Waals surface area contributed by atoms with E-state index in [1.54, 1.807) is 11.3 Å². The summed E-state index contributed by atoms with van der Waals surface area (Å²) in [5.41, 5.74) is 7.02. The summed E-state index contributed by atoms with van der Waals surface area (Å²) in [6, 6.07) is 21.9. The Hall–Kier alpha value is -3.44. The van der Waals surface area contributed by atoms with Crippen molar-refractivity contribution in [2.45, 2.75) is 20.8 Å². The summed E-state index contributed by atoms with van der Waals surface area (Å²) in [6.07, 6.45) is 0. The zero-order valence-electron chi connectivity index (χ0n) is 17.8. The Morgan fingerprint density at radius 3 is 2.35 bits per heavy atom. The van der Waals surface area contributed by atoms with Gasteiger partial charge in [-0.2, -0.15) is 0 Å². The SMILES string of the molecule is Cc1ccc(C)c(OCC(=O)Nc2ccc(-c3csc(-c4ccccc4)n3)cc2)c1C. The van der Waals surface area contributed by atoms with Crippen molar-refractivity contribution in [2.24, 2.45) is 0 Å². The molecule has 1 amide bonds. The molecule has 4 aromatic rings. The van der Waals surface area contributed by atoms with E-state index in [-0.39, 0.29) is 12.5 Å². The molecular formula is C26H24N2O2S. The molecule has 0 aliphatic rings. The number of ether oxygens (including phenoxy) is 1. The van der Waals surface area contributed by atoms with Crippen LogP contribution in [0.3, 0.4) is 0 Å². The molecule has 0 spiro atoms. The minimum absolute atomic E-state index is 0.0284. The van der Waals surface area contributed by atoms with E-state index in [1.165, 1.54) is 0 Å². The number of benzene rings is 3. The first-order valence-electron chi connectivity index (χ1n) is 10.1. The quantitative estimate of drug-likeness (QED) is 0.385. The van der Waals surface area contributed by atoms with Crippen molar-refractivity contribution in [3.63, 3.8) is 0 Å². The van der Waals surface area contributed by atoms with Gasteiger partial charge in [0, 0.05) is 22.2 Å². The molecule has 4 nitrogen and oxygen atoms in total. The Labute approximate surface area is 186 Å². The minimum Gasteiger partial charge on any atom is -0.483 e. The van der Waals surface area contributed by atoms with Crippen LogP contribution in [-0.2, 0) is 4.79 Å². The molecule has 0 unspecified atom stereocenters. The minimum atomic E-state index is -0.187. The van der Waals surface area contributed by atoms with Gasteiger partial charge in [-0.3, -0.25) is 4.79 Å². The number of aromatic nitrogens is 1. The number of amides is 1. The van der Waals surface area contributed by atoms with Gasteiger partial charge in [-0.15, -0.1) is 11.3 Å². The lowest BCUT2D eigenvalue weighted by molar-refractivity contribution is -0.118. The first-order valence-corrected chi connectivity index (χ1v) is 11.0. The van der Waals surface area contributed by atoms with Crippen molar-refractivity contribution in [1.29, 1.82) is 0 Å². The van der Waals surface area contributed by atoms with Crippen molar-refractivity contribution in [3.05, 3.63) is 88.8 Å². The van der Waals surface area contributed by atoms with Gasteiger partial charge in [0.05, 0.1) is 5.69 Å². The molecule has 156 valence electrons. The number of nitrogens with zero attached hydrogens (tertiary/aromatic N) is 1. The average Bonchev–Trinajstić information content (AvgIpc) is 3.28. The van der Waals surface area contributed by atoms with Crippen LogP contribution in [0.4, 0.5) is 5.69 Å². The summed E-state index contributed by atoms with van der Waals surface area (Å²) in [5.74, 6) is 0.594. The molecule has 4 rings (SSSR count). The fourth-order valence-corrected chi connectivity index (χ4v) is 4.16. The van der Waals surface area contributed by atoms with E-state index < -0.39 is 0 Å². The molecule has 1 heterocycles. The zero-order valence-corrected chi connectivity index (χ0v) is 18.6. The molecule has 5 heteroatoms. The number of aryl methyl sites for hydroxylation is 2. The summed E-state index contributed by atoms with van der Waals surface area (Å²) < 4.78 is 5.80. The van der Waals surface area contributed by atoms with E-state index in [0.29, 0.717) is 0 Å². The molecular weight excluding hydrogens is 404 g/mol. The molecule has 0 bridgehead atoms. The molecule has 0 aliphatic heterocycles. The van der Waals surface area contributed by atoms with E-state index >= 15 is 0 Å². The highest BCUT2D eigenvalue weighted by molar-refractivity contribution is 7.13. The molecule has 1 N–H and O–H groups in total. The topological polar surface area (TPSA) is 51.2 Å². The van der Waals surface area contributed by atoms with Gasteiger partial charge in [-0.05, 0) is 49.6 Å². The highest BCUT2D eigenvalue weighted by Gasteiger charge is 2.10. The lowest BCUT2D eigenvalue weighted by atomic mass is 10.1. The predicted molar refractivity (Wildman–Crippen MR) is 128 cm³/mol. The van der Waals surface area contributed by atoms with Crippen LogP contribution in [0.25, 0.3) is 21.8 Å². The maximum absolute atomic E-state index is 12.4. The third-order valence-corrected chi connectivity index (χ3v) is 6.10. The first kappa shape index (κ1) is 20.8. The molecule has 1 aromatic heterocycles. The predicted octanol–water partition coefficient (Wildman–Crippen LogP) is 6.42. The van der Waals surface area contributed by atoms with E-state index in [4.69, 9.17) is 9.72 Å². The molecule has 0 saturated heterocycles. The number of carbonyl (C=O) groups is 1. The van der Waals surface area contributed by atoms with Crippen molar-refractivity contribution in [3.8, 4) is 27.6 Å². The van der Waals surface area contributed by atoms with E-state index in [2.05, 4.69) is 28.9 Å². The maximum Gasteiger partial charge on any atom is 0.262 e. The second-order valence-electron chi connectivity index (χ2n) is 7.47. The van der Waals surface area contributed by atoms with Crippen LogP contribution < -0.4 is 10.1 Å². The number of hydrogen-bond acceptors (Lipinski definition) is 4. The normalized spacial score (nSPS) is 10.7. The Morgan fingerprint density at radius 2 is 1.61 bits per heavy atom. The number of rotatable bonds is 6. The smallest absolute Gasteiger partial charge is 0.262 e. The third-order valence-electron chi connectivity index (χ3n) is 5.21. The summed E-state index contributed by atoms with van der Waals surface area (Å²) in [7, 11) is 0.